The van der Waals surface area contributed by atoms with Gasteiger partial charge in [0.15, 0.2) is 0 Å². The van der Waals surface area contributed by atoms with Gasteiger partial charge in [-0.2, -0.15) is 0 Å². The maximum absolute atomic E-state index is 3.74. The van der Waals surface area contributed by atoms with Crippen LogP contribution in [0.1, 0.15) is 65.2 Å². The Morgan fingerprint density at radius 2 is 1.85 bits per heavy atom. The monoisotopic (exact) mass is 183 g/mol. The van der Waals surface area contributed by atoms with Gasteiger partial charge in [0, 0.05) is 5.54 Å². The first-order valence-electron chi connectivity index (χ1n) is 6.08. The van der Waals surface area contributed by atoms with Crippen molar-refractivity contribution in [3.63, 3.8) is 0 Å². The first-order valence-corrected chi connectivity index (χ1v) is 6.08. The van der Waals surface area contributed by atoms with Crippen LogP contribution < -0.4 is 5.32 Å². The fourth-order valence-electron chi connectivity index (χ4n) is 2.22. The molecule has 0 spiro atoms. The van der Waals surface area contributed by atoms with E-state index >= 15 is 0 Å². The largest absolute Gasteiger partial charge is 0.311 e. The first kappa shape index (κ1) is 11.0. The molecule has 0 aromatic rings. The molecule has 78 valence electrons. The summed E-state index contributed by atoms with van der Waals surface area (Å²) in [6, 6.07) is 0. The van der Waals surface area contributed by atoms with Crippen molar-refractivity contribution in [3.05, 3.63) is 0 Å². The van der Waals surface area contributed by atoms with E-state index in [2.05, 4.69) is 19.2 Å². The minimum Gasteiger partial charge on any atom is -0.311 e. The Morgan fingerprint density at radius 1 is 1.08 bits per heavy atom. The van der Waals surface area contributed by atoms with Crippen molar-refractivity contribution in [2.24, 2.45) is 0 Å². The zero-order chi connectivity index (χ0) is 9.57. The molecule has 1 N–H and O–H groups in total. The van der Waals surface area contributed by atoms with Crippen LogP contribution in [-0.4, -0.2) is 12.1 Å². The molecule has 0 bridgehead atoms. The summed E-state index contributed by atoms with van der Waals surface area (Å²) >= 11 is 0. The predicted octanol–water partition coefficient (Wildman–Crippen LogP) is 3.49. The lowest BCUT2D eigenvalue weighted by atomic mass is 9.73. The minimum atomic E-state index is 0.575. The number of hydrogen-bond donors (Lipinski definition) is 1. The molecule has 0 aliphatic heterocycles. The molecule has 1 nitrogen and oxygen atoms in total. The molecule has 0 radical (unpaired) electrons. The van der Waals surface area contributed by atoms with E-state index in [4.69, 9.17) is 0 Å². The highest BCUT2D eigenvalue weighted by molar-refractivity contribution is 4.95. The molecule has 1 aliphatic rings. The summed E-state index contributed by atoms with van der Waals surface area (Å²) in [7, 11) is 0. The van der Waals surface area contributed by atoms with Crippen LogP contribution in [0.15, 0.2) is 0 Å². The molecule has 1 rings (SSSR count). The van der Waals surface area contributed by atoms with Gasteiger partial charge in [0.1, 0.15) is 0 Å². The molecule has 1 fully saturated rings. The van der Waals surface area contributed by atoms with Gasteiger partial charge in [-0.1, -0.05) is 33.1 Å². The van der Waals surface area contributed by atoms with Crippen molar-refractivity contribution < 1.29 is 0 Å². The number of unbranched alkanes of at least 4 members (excludes halogenated alkanes) is 2. The molecule has 0 unspecified atom stereocenters. The molecule has 0 amide bonds. The van der Waals surface area contributed by atoms with Gasteiger partial charge in [-0.15, -0.1) is 0 Å². The smallest absolute Gasteiger partial charge is 0.0181 e. The molecule has 0 aromatic carbocycles. The van der Waals surface area contributed by atoms with Gasteiger partial charge in [0.25, 0.3) is 0 Å². The summed E-state index contributed by atoms with van der Waals surface area (Å²) in [5, 5.41) is 3.74. The highest BCUT2D eigenvalue weighted by atomic mass is 15.0. The second-order valence-electron chi connectivity index (χ2n) is 4.52. The highest BCUT2D eigenvalue weighted by Crippen LogP contribution is 2.36. The van der Waals surface area contributed by atoms with Crippen molar-refractivity contribution in [2.75, 3.05) is 6.54 Å². The molecule has 0 atom stereocenters. The summed E-state index contributed by atoms with van der Waals surface area (Å²) in [5.74, 6) is 0. The third-order valence-corrected chi connectivity index (χ3v) is 3.32. The van der Waals surface area contributed by atoms with Crippen LogP contribution >= 0.6 is 0 Å². The van der Waals surface area contributed by atoms with Crippen LogP contribution in [0.2, 0.25) is 0 Å². The Hall–Kier alpha value is -0.0400. The van der Waals surface area contributed by atoms with Crippen LogP contribution in [0, 0.1) is 0 Å². The van der Waals surface area contributed by atoms with Gasteiger partial charge in [0.05, 0.1) is 0 Å². The van der Waals surface area contributed by atoms with Crippen molar-refractivity contribution in [1.82, 2.24) is 5.32 Å². The molecule has 0 aromatic heterocycles. The lowest BCUT2D eigenvalue weighted by molar-refractivity contribution is 0.166. The normalized spacial score (nSPS) is 19.8. The summed E-state index contributed by atoms with van der Waals surface area (Å²) in [6.45, 7) is 5.75. The average molecular weight is 183 g/mol. The van der Waals surface area contributed by atoms with Gasteiger partial charge in [-0.05, 0) is 38.6 Å². The van der Waals surface area contributed by atoms with Crippen LogP contribution in [0.3, 0.4) is 0 Å². The maximum atomic E-state index is 3.74. The Balaban J connectivity index is 2.15. The van der Waals surface area contributed by atoms with Crippen LogP contribution in [0.4, 0.5) is 0 Å². The topological polar surface area (TPSA) is 12.0 Å². The Bertz CT molecular complexity index is 127. The predicted molar refractivity (Wildman–Crippen MR) is 59.0 cm³/mol. The quantitative estimate of drug-likeness (QED) is 0.596. The lowest BCUT2D eigenvalue weighted by Gasteiger charge is -2.43. The highest BCUT2D eigenvalue weighted by Gasteiger charge is 2.34. The lowest BCUT2D eigenvalue weighted by Crippen LogP contribution is -2.51. The summed E-state index contributed by atoms with van der Waals surface area (Å²) in [5.41, 5.74) is 0.575. The van der Waals surface area contributed by atoms with Crippen molar-refractivity contribution in [2.45, 2.75) is 70.8 Å². The molecule has 0 saturated heterocycles. The minimum absolute atomic E-state index is 0.575. The van der Waals surface area contributed by atoms with Gasteiger partial charge < -0.3 is 5.32 Å². The standard InChI is InChI=1S/C12H25N/c1-3-5-6-8-12(9-7-10-12)13-11-4-2/h13H,3-11H2,1-2H3. The molecular formula is C12H25N. The van der Waals surface area contributed by atoms with Crippen LogP contribution in [0.5, 0.6) is 0 Å². The number of hydrogen-bond acceptors (Lipinski definition) is 1. The SMILES string of the molecule is CCCCCC1(NCCC)CCC1. The van der Waals surface area contributed by atoms with E-state index in [1.165, 1.54) is 57.9 Å². The zero-order valence-corrected chi connectivity index (χ0v) is 9.36. The van der Waals surface area contributed by atoms with E-state index in [1.807, 2.05) is 0 Å². The number of rotatable bonds is 7. The average Bonchev–Trinajstić information content (AvgIpc) is 2.08. The molecule has 1 heteroatoms. The van der Waals surface area contributed by atoms with Gasteiger partial charge in [-0.3, -0.25) is 0 Å². The maximum Gasteiger partial charge on any atom is 0.0181 e. The van der Waals surface area contributed by atoms with E-state index in [0.717, 1.165) is 0 Å². The van der Waals surface area contributed by atoms with E-state index in [1.54, 1.807) is 0 Å². The third-order valence-electron chi connectivity index (χ3n) is 3.32. The van der Waals surface area contributed by atoms with Crippen molar-refractivity contribution in [1.29, 1.82) is 0 Å². The van der Waals surface area contributed by atoms with Crippen LogP contribution in [0.25, 0.3) is 0 Å². The van der Waals surface area contributed by atoms with Gasteiger partial charge >= 0.3 is 0 Å². The third kappa shape index (κ3) is 3.30. The van der Waals surface area contributed by atoms with Crippen molar-refractivity contribution in [3.8, 4) is 0 Å². The molecule has 13 heavy (non-hydrogen) atoms. The Kier molecular flexibility index (Phi) is 4.79. The second kappa shape index (κ2) is 5.64. The van der Waals surface area contributed by atoms with Gasteiger partial charge in [0.2, 0.25) is 0 Å². The van der Waals surface area contributed by atoms with Crippen LogP contribution in [-0.2, 0) is 0 Å². The van der Waals surface area contributed by atoms with E-state index in [9.17, 15) is 0 Å². The molecule has 1 aliphatic carbocycles. The van der Waals surface area contributed by atoms with E-state index in [0.29, 0.717) is 5.54 Å². The van der Waals surface area contributed by atoms with E-state index < -0.39 is 0 Å². The first-order chi connectivity index (χ1) is 6.33. The summed E-state index contributed by atoms with van der Waals surface area (Å²) < 4.78 is 0. The molecule has 1 saturated carbocycles. The fraction of sp³-hybridized carbons (Fsp3) is 1.00. The zero-order valence-electron chi connectivity index (χ0n) is 9.36. The number of nitrogens with one attached hydrogen (secondary N) is 1. The van der Waals surface area contributed by atoms with E-state index in [-0.39, 0.29) is 0 Å². The Labute approximate surface area is 83.3 Å². The Morgan fingerprint density at radius 3 is 2.31 bits per heavy atom. The summed E-state index contributed by atoms with van der Waals surface area (Å²) in [6.07, 6.45) is 11.2. The molecular weight excluding hydrogens is 158 g/mol. The molecule has 0 heterocycles. The summed E-state index contributed by atoms with van der Waals surface area (Å²) in [4.78, 5) is 0. The second-order valence-corrected chi connectivity index (χ2v) is 4.52. The van der Waals surface area contributed by atoms with Gasteiger partial charge in [-0.25, -0.2) is 0 Å². The fourth-order valence-corrected chi connectivity index (χ4v) is 2.22. The van der Waals surface area contributed by atoms with Crippen molar-refractivity contribution >= 4 is 0 Å².